The molecule has 6 heteroatoms. The first-order valence-corrected chi connectivity index (χ1v) is 6.11. The summed E-state index contributed by atoms with van der Waals surface area (Å²) in [6, 6.07) is 11.4. The molecule has 0 saturated carbocycles. The van der Waals surface area contributed by atoms with Gasteiger partial charge in [0.25, 0.3) is 0 Å². The molecule has 0 amide bonds. The number of aromatic amines is 1. The third-order valence-electron chi connectivity index (χ3n) is 2.66. The van der Waals surface area contributed by atoms with Gasteiger partial charge in [-0.3, -0.25) is 4.98 Å². The van der Waals surface area contributed by atoms with E-state index in [1.54, 1.807) is 6.20 Å². The van der Waals surface area contributed by atoms with Crippen LogP contribution in [0.2, 0.25) is 0 Å². The molecule has 94 valence electrons. The third-order valence-corrected chi connectivity index (χ3v) is 2.76. The number of nitrogens with one attached hydrogen (secondary N) is 2. The molecule has 0 bridgehead atoms. The second-order valence-electron chi connectivity index (χ2n) is 4.02. The van der Waals surface area contributed by atoms with Crippen molar-refractivity contribution in [3.05, 3.63) is 42.6 Å². The minimum absolute atomic E-state index is 0.240. The molecular formula is C13H11N5S. The molecule has 1 aromatic carbocycles. The summed E-state index contributed by atoms with van der Waals surface area (Å²) in [7, 11) is 0. The molecule has 0 fully saturated rings. The van der Waals surface area contributed by atoms with Crippen LogP contribution in [0.3, 0.4) is 0 Å². The van der Waals surface area contributed by atoms with E-state index >= 15 is 0 Å². The molecule has 19 heavy (non-hydrogen) atoms. The van der Waals surface area contributed by atoms with Gasteiger partial charge < -0.3 is 16.0 Å². The van der Waals surface area contributed by atoms with Crippen LogP contribution in [0.25, 0.3) is 22.6 Å². The van der Waals surface area contributed by atoms with E-state index in [4.69, 9.17) is 18.0 Å². The molecule has 5 nitrogen and oxygen atoms in total. The Morgan fingerprint density at radius 3 is 2.89 bits per heavy atom. The van der Waals surface area contributed by atoms with Crippen molar-refractivity contribution in [1.29, 1.82) is 0 Å². The van der Waals surface area contributed by atoms with Crippen molar-refractivity contribution >= 4 is 34.1 Å². The summed E-state index contributed by atoms with van der Waals surface area (Å²) >= 11 is 4.81. The van der Waals surface area contributed by atoms with Crippen LogP contribution in [0.1, 0.15) is 0 Å². The van der Waals surface area contributed by atoms with Crippen LogP contribution in [-0.2, 0) is 0 Å². The lowest BCUT2D eigenvalue weighted by Crippen LogP contribution is -2.18. The predicted octanol–water partition coefficient (Wildman–Crippen LogP) is 2.28. The molecule has 0 atom stereocenters. The Morgan fingerprint density at radius 2 is 2.16 bits per heavy atom. The van der Waals surface area contributed by atoms with E-state index in [1.165, 1.54) is 0 Å². The summed E-state index contributed by atoms with van der Waals surface area (Å²) in [5.41, 5.74) is 8.86. The van der Waals surface area contributed by atoms with E-state index in [2.05, 4.69) is 20.3 Å². The highest BCUT2D eigenvalue weighted by Crippen LogP contribution is 2.21. The zero-order chi connectivity index (χ0) is 13.2. The summed E-state index contributed by atoms with van der Waals surface area (Å²) in [6.07, 6.45) is 1.74. The van der Waals surface area contributed by atoms with Gasteiger partial charge in [-0.1, -0.05) is 6.07 Å². The van der Waals surface area contributed by atoms with Crippen molar-refractivity contribution in [2.45, 2.75) is 0 Å². The number of H-pyrrole nitrogens is 1. The van der Waals surface area contributed by atoms with Crippen LogP contribution in [0.4, 0.5) is 5.69 Å². The molecule has 0 radical (unpaired) electrons. The number of aromatic nitrogens is 3. The zero-order valence-corrected chi connectivity index (χ0v) is 10.7. The van der Waals surface area contributed by atoms with Crippen molar-refractivity contribution in [2.24, 2.45) is 5.73 Å². The second-order valence-corrected chi connectivity index (χ2v) is 4.46. The Kier molecular flexibility index (Phi) is 2.85. The zero-order valence-electron chi connectivity index (χ0n) is 9.92. The number of benzene rings is 1. The maximum atomic E-state index is 5.45. The van der Waals surface area contributed by atoms with Crippen LogP contribution in [0.15, 0.2) is 42.6 Å². The molecule has 2 aromatic heterocycles. The summed E-state index contributed by atoms with van der Waals surface area (Å²) in [4.78, 5) is 12.0. The molecule has 3 rings (SSSR count). The number of pyridine rings is 1. The summed E-state index contributed by atoms with van der Waals surface area (Å²) in [6.45, 7) is 0. The summed E-state index contributed by atoms with van der Waals surface area (Å²) in [5, 5.41) is 3.13. The van der Waals surface area contributed by atoms with Crippen molar-refractivity contribution in [3.8, 4) is 11.5 Å². The molecule has 4 N–H and O–H groups in total. The normalized spacial score (nSPS) is 10.5. The minimum atomic E-state index is 0.240. The second kappa shape index (κ2) is 4.66. The number of fused-ring (bicyclic) bond motifs is 1. The van der Waals surface area contributed by atoms with E-state index in [0.29, 0.717) is 0 Å². The monoisotopic (exact) mass is 269 g/mol. The topological polar surface area (TPSA) is 79.6 Å². The highest BCUT2D eigenvalue weighted by molar-refractivity contribution is 7.80. The van der Waals surface area contributed by atoms with Gasteiger partial charge in [0, 0.05) is 11.9 Å². The number of nitrogens with zero attached hydrogens (tertiary/aromatic N) is 2. The van der Waals surface area contributed by atoms with E-state index < -0.39 is 0 Å². The van der Waals surface area contributed by atoms with Gasteiger partial charge in [0.2, 0.25) is 0 Å². The van der Waals surface area contributed by atoms with Crippen LogP contribution >= 0.6 is 12.2 Å². The number of anilines is 1. The smallest absolute Gasteiger partial charge is 0.168 e. The van der Waals surface area contributed by atoms with E-state index in [1.807, 2.05) is 36.4 Å². The largest absolute Gasteiger partial charge is 0.376 e. The first-order chi connectivity index (χ1) is 9.22. The lowest BCUT2D eigenvalue weighted by atomic mass is 10.3. The Labute approximate surface area is 114 Å². The van der Waals surface area contributed by atoms with Gasteiger partial charge in [0.15, 0.2) is 10.9 Å². The first kappa shape index (κ1) is 11.6. The van der Waals surface area contributed by atoms with Crippen molar-refractivity contribution in [3.63, 3.8) is 0 Å². The molecule has 3 aromatic rings. The Bertz CT molecular complexity index is 735. The predicted molar refractivity (Wildman–Crippen MR) is 79.7 cm³/mol. The quantitative estimate of drug-likeness (QED) is 0.622. The molecular weight excluding hydrogens is 258 g/mol. The number of nitrogens with two attached hydrogens (primary N) is 1. The Hall–Kier alpha value is -2.47. The fourth-order valence-electron chi connectivity index (χ4n) is 1.85. The van der Waals surface area contributed by atoms with Crippen molar-refractivity contribution < 1.29 is 0 Å². The van der Waals surface area contributed by atoms with Crippen molar-refractivity contribution in [2.75, 3.05) is 5.32 Å². The molecule has 0 spiro atoms. The summed E-state index contributed by atoms with van der Waals surface area (Å²) < 4.78 is 0. The number of hydrogen-bond donors (Lipinski definition) is 3. The van der Waals surface area contributed by atoms with Gasteiger partial charge in [-0.15, -0.1) is 0 Å². The van der Waals surface area contributed by atoms with Crippen LogP contribution in [-0.4, -0.2) is 20.1 Å². The van der Waals surface area contributed by atoms with Gasteiger partial charge in [-0.25, -0.2) is 4.98 Å². The van der Waals surface area contributed by atoms with Crippen LogP contribution in [0.5, 0.6) is 0 Å². The third kappa shape index (κ3) is 2.38. The molecule has 0 unspecified atom stereocenters. The Balaban J connectivity index is 2.04. The molecule has 0 saturated heterocycles. The molecule has 0 aliphatic carbocycles. The number of hydrogen-bond acceptors (Lipinski definition) is 3. The van der Waals surface area contributed by atoms with Gasteiger partial charge in [-0.05, 0) is 42.5 Å². The lowest BCUT2D eigenvalue weighted by molar-refractivity contribution is 1.24. The van der Waals surface area contributed by atoms with Crippen molar-refractivity contribution in [1.82, 2.24) is 15.0 Å². The maximum Gasteiger partial charge on any atom is 0.168 e. The minimum Gasteiger partial charge on any atom is -0.376 e. The van der Waals surface area contributed by atoms with Gasteiger partial charge in [0.1, 0.15) is 5.69 Å². The van der Waals surface area contributed by atoms with Crippen LogP contribution in [0, 0.1) is 0 Å². The Morgan fingerprint density at radius 1 is 1.26 bits per heavy atom. The first-order valence-electron chi connectivity index (χ1n) is 5.70. The average Bonchev–Trinajstić information content (AvgIpc) is 2.82. The number of thiocarbonyl (C=S) groups is 1. The maximum absolute atomic E-state index is 5.45. The van der Waals surface area contributed by atoms with Crippen LogP contribution < -0.4 is 11.1 Å². The highest BCUT2D eigenvalue weighted by atomic mass is 32.1. The average molecular weight is 269 g/mol. The molecule has 0 aliphatic heterocycles. The summed E-state index contributed by atoms with van der Waals surface area (Å²) in [5.74, 6) is 0.739. The lowest BCUT2D eigenvalue weighted by Gasteiger charge is -2.02. The van der Waals surface area contributed by atoms with Gasteiger partial charge >= 0.3 is 0 Å². The fraction of sp³-hybridized carbons (Fsp3) is 0. The number of rotatable bonds is 2. The molecule has 0 aliphatic rings. The SMILES string of the molecule is NC(=S)Nc1ccc2nc(-c3ccccn3)[nH]c2c1. The van der Waals surface area contributed by atoms with Gasteiger partial charge in [-0.2, -0.15) is 0 Å². The van der Waals surface area contributed by atoms with E-state index in [0.717, 1.165) is 28.2 Å². The van der Waals surface area contributed by atoms with E-state index in [9.17, 15) is 0 Å². The standard InChI is InChI=1S/C13H11N5S/c14-13(19)16-8-4-5-9-11(7-8)18-12(17-9)10-3-1-2-6-15-10/h1-7H,(H,17,18)(H3,14,16,19). The molecule has 2 heterocycles. The highest BCUT2D eigenvalue weighted by Gasteiger charge is 2.06. The fourth-order valence-corrected chi connectivity index (χ4v) is 1.97. The number of imidazole rings is 1. The van der Waals surface area contributed by atoms with E-state index in [-0.39, 0.29) is 5.11 Å². The van der Waals surface area contributed by atoms with Gasteiger partial charge in [0.05, 0.1) is 11.0 Å².